The van der Waals surface area contributed by atoms with Crippen LogP contribution in [-0.2, 0) is 0 Å². The summed E-state index contributed by atoms with van der Waals surface area (Å²) in [7, 11) is 0. The molecule has 0 saturated carbocycles. The molecule has 0 fully saturated rings. The van der Waals surface area contributed by atoms with Gasteiger partial charge in [-0.25, -0.2) is 4.98 Å². The smallest absolute Gasteiger partial charge is 0.145 e. The first-order valence-electron chi connectivity index (χ1n) is 9.93. The lowest BCUT2D eigenvalue weighted by atomic mass is 10.0. The van der Waals surface area contributed by atoms with Crippen molar-refractivity contribution < 1.29 is 0 Å². The molecule has 0 spiro atoms. The topological polar surface area (TPSA) is 17.8 Å². The summed E-state index contributed by atoms with van der Waals surface area (Å²) in [4.78, 5) is 5.05. The van der Waals surface area contributed by atoms with E-state index in [0.29, 0.717) is 0 Å². The van der Waals surface area contributed by atoms with Gasteiger partial charge in [-0.15, -0.1) is 0 Å². The Balaban J connectivity index is 1.75. The molecule has 2 nitrogen and oxygen atoms in total. The quantitative estimate of drug-likeness (QED) is 0.271. The fourth-order valence-corrected chi connectivity index (χ4v) is 4.41. The van der Waals surface area contributed by atoms with Gasteiger partial charge in [0.25, 0.3) is 0 Å². The van der Waals surface area contributed by atoms with Crippen LogP contribution in [-0.4, -0.2) is 9.55 Å². The average molecular weight is 405 g/mol. The van der Waals surface area contributed by atoms with Crippen LogP contribution in [0.5, 0.6) is 0 Å². The Labute approximate surface area is 179 Å². The maximum atomic E-state index is 6.23. The van der Waals surface area contributed by atoms with E-state index in [1.54, 1.807) is 0 Å². The molecule has 0 saturated heterocycles. The lowest BCUT2D eigenvalue weighted by Crippen LogP contribution is -1.97. The van der Waals surface area contributed by atoms with Gasteiger partial charge in [-0.3, -0.25) is 4.57 Å². The van der Waals surface area contributed by atoms with Crippen LogP contribution in [0.3, 0.4) is 0 Å². The number of nitrogens with zero attached hydrogens (tertiary/aromatic N) is 2. The Kier molecular flexibility index (Phi) is 3.87. The van der Waals surface area contributed by atoms with Crippen molar-refractivity contribution >= 4 is 44.2 Å². The molecule has 0 atom stereocenters. The molecule has 0 unspecified atom stereocenters. The van der Waals surface area contributed by atoms with Gasteiger partial charge in [-0.1, -0.05) is 78.3 Å². The Hall–Kier alpha value is -3.62. The molecule has 0 bridgehead atoms. The standard InChI is InChI=1S/C27H17ClN2/c28-21-13-14-23-19(15-21)11-12-20-16-25-26(17-24(20)23)30(22-9-5-2-6-10-22)27(29-25)18-7-3-1-4-8-18/h1-17H. The molecular formula is C27H17ClN2. The highest BCUT2D eigenvalue weighted by atomic mass is 35.5. The lowest BCUT2D eigenvalue weighted by molar-refractivity contribution is 1.10. The molecule has 6 rings (SSSR count). The predicted octanol–water partition coefficient (Wildman–Crippen LogP) is 7.65. The first-order chi connectivity index (χ1) is 14.8. The first-order valence-corrected chi connectivity index (χ1v) is 10.3. The van der Waals surface area contributed by atoms with E-state index in [2.05, 4.69) is 83.4 Å². The maximum absolute atomic E-state index is 6.23. The number of para-hydroxylation sites is 1. The van der Waals surface area contributed by atoms with Gasteiger partial charge in [0, 0.05) is 16.3 Å². The van der Waals surface area contributed by atoms with E-state index in [1.165, 1.54) is 16.2 Å². The van der Waals surface area contributed by atoms with E-state index in [9.17, 15) is 0 Å². The van der Waals surface area contributed by atoms with Crippen LogP contribution in [0.1, 0.15) is 0 Å². The summed E-state index contributed by atoms with van der Waals surface area (Å²) < 4.78 is 2.25. The number of aromatic nitrogens is 2. The fourth-order valence-electron chi connectivity index (χ4n) is 4.23. The second-order valence-electron chi connectivity index (χ2n) is 7.47. The fraction of sp³-hybridized carbons (Fsp3) is 0. The van der Waals surface area contributed by atoms with E-state index in [-0.39, 0.29) is 0 Å². The van der Waals surface area contributed by atoms with E-state index in [4.69, 9.17) is 16.6 Å². The van der Waals surface area contributed by atoms with Crippen LogP contribution in [0.15, 0.2) is 103 Å². The third kappa shape index (κ3) is 2.69. The monoisotopic (exact) mass is 404 g/mol. The number of rotatable bonds is 2. The SMILES string of the molecule is Clc1ccc2c(ccc3cc4nc(-c5ccccc5)n(-c5ccccc5)c4cc32)c1. The summed E-state index contributed by atoms with van der Waals surface area (Å²) >= 11 is 6.23. The zero-order valence-electron chi connectivity index (χ0n) is 16.1. The zero-order chi connectivity index (χ0) is 20.1. The molecule has 0 aliphatic rings. The minimum atomic E-state index is 0.753. The third-order valence-electron chi connectivity index (χ3n) is 5.62. The molecule has 1 aromatic heterocycles. The van der Waals surface area contributed by atoms with Crippen molar-refractivity contribution in [2.45, 2.75) is 0 Å². The highest BCUT2D eigenvalue weighted by Gasteiger charge is 2.15. The summed E-state index contributed by atoms with van der Waals surface area (Å²) in [6.07, 6.45) is 0. The average Bonchev–Trinajstić information content (AvgIpc) is 3.17. The largest absolute Gasteiger partial charge is 0.292 e. The van der Waals surface area contributed by atoms with Crippen molar-refractivity contribution in [3.8, 4) is 17.1 Å². The number of halogens is 1. The maximum Gasteiger partial charge on any atom is 0.145 e. The Morgan fingerprint density at radius 1 is 0.633 bits per heavy atom. The van der Waals surface area contributed by atoms with E-state index >= 15 is 0 Å². The lowest BCUT2D eigenvalue weighted by Gasteiger charge is -2.10. The van der Waals surface area contributed by atoms with Crippen LogP contribution in [0, 0.1) is 0 Å². The minimum absolute atomic E-state index is 0.753. The molecule has 142 valence electrons. The number of hydrogen-bond donors (Lipinski definition) is 0. The molecule has 30 heavy (non-hydrogen) atoms. The van der Waals surface area contributed by atoms with Gasteiger partial charge in [-0.2, -0.15) is 0 Å². The first kappa shape index (κ1) is 17.3. The van der Waals surface area contributed by atoms with Gasteiger partial charge >= 0.3 is 0 Å². The second-order valence-corrected chi connectivity index (χ2v) is 7.90. The van der Waals surface area contributed by atoms with Crippen molar-refractivity contribution in [3.63, 3.8) is 0 Å². The summed E-state index contributed by atoms with van der Waals surface area (Å²) in [6, 6.07) is 35.6. The number of fused-ring (bicyclic) bond motifs is 4. The molecule has 3 heteroatoms. The van der Waals surface area contributed by atoms with Crippen LogP contribution in [0.2, 0.25) is 5.02 Å². The van der Waals surface area contributed by atoms with Crippen molar-refractivity contribution in [1.29, 1.82) is 0 Å². The molecule has 0 aliphatic carbocycles. The van der Waals surface area contributed by atoms with Crippen LogP contribution in [0.25, 0.3) is 49.7 Å². The van der Waals surface area contributed by atoms with Crippen molar-refractivity contribution in [1.82, 2.24) is 9.55 Å². The summed E-state index contributed by atoms with van der Waals surface area (Å²) in [6.45, 7) is 0. The second kappa shape index (κ2) is 6.72. The van der Waals surface area contributed by atoms with Gasteiger partial charge in [0.2, 0.25) is 0 Å². The minimum Gasteiger partial charge on any atom is -0.292 e. The van der Waals surface area contributed by atoms with Gasteiger partial charge in [0.1, 0.15) is 5.82 Å². The highest BCUT2D eigenvalue weighted by Crippen LogP contribution is 2.34. The third-order valence-corrected chi connectivity index (χ3v) is 5.85. The Morgan fingerprint density at radius 3 is 2.10 bits per heavy atom. The van der Waals surface area contributed by atoms with Crippen molar-refractivity contribution in [2.75, 3.05) is 0 Å². The van der Waals surface area contributed by atoms with Crippen LogP contribution >= 0.6 is 11.6 Å². The van der Waals surface area contributed by atoms with E-state index in [0.717, 1.165) is 38.5 Å². The zero-order valence-corrected chi connectivity index (χ0v) is 16.8. The van der Waals surface area contributed by atoms with Gasteiger partial charge in [-0.05, 0) is 57.9 Å². The number of benzene rings is 5. The van der Waals surface area contributed by atoms with Crippen molar-refractivity contribution in [3.05, 3.63) is 108 Å². The molecule has 0 radical (unpaired) electrons. The summed E-state index contributed by atoms with van der Waals surface area (Å²) in [5, 5.41) is 5.47. The molecule has 0 aliphatic heterocycles. The van der Waals surface area contributed by atoms with Crippen LogP contribution in [0.4, 0.5) is 0 Å². The summed E-state index contributed by atoms with van der Waals surface area (Å²) in [5.74, 6) is 0.944. The van der Waals surface area contributed by atoms with Gasteiger partial charge in [0.05, 0.1) is 11.0 Å². The normalized spacial score (nSPS) is 11.5. The molecule has 0 amide bonds. The molecule has 0 N–H and O–H groups in total. The van der Waals surface area contributed by atoms with Gasteiger partial charge < -0.3 is 0 Å². The molecular weight excluding hydrogens is 388 g/mol. The Bertz CT molecular complexity index is 1530. The summed E-state index contributed by atoms with van der Waals surface area (Å²) in [5.41, 5.74) is 4.27. The Morgan fingerprint density at radius 2 is 1.33 bits per heavy atom. The molecule has 6 aromatic rings. The number of imidazole rings is 1. The highest BCUT2D eigenvalue weighted by molar-refractivity contribution is 6.31. The number of hydrogen-bond acceptors (Lipinski definition) is 1. The van der Waals surface area contributed by atoms with Gasteiger partial charge in [0.15, 0.2) is 0 Å². The molecule has 5 aromatic carbocycles. The van der Waals surface area contributed by atoms with Crippen LogP contribution < -0.4 is 0 Å². The predicted molar refractivity (Wildman–Crippen MR) is 127 cm³/mol. The van der Waals surface area contributed by atoms with E-state index < -0.39 is 0 Å². The molecule has 1 heterocycles. The van der Waals surface area contributed by atoms with E-state index in [1.807, 2.05) is 24.3 Å². The van der Waals surface area contributed by atoms with Crippen molar-refractivity contribution in [2.24, 2.45) is 0 Å².